The predicted octanol–water partition coefficient (Wildman–Crippen LogP) is 5.81. The van der Waals surface area contributed by atoms with Crippen LogP contribution in [0.2, 0.25) is 0 Å². The van der Waals surface area contributed by atoms with E-state index in [4.69, 9.17) is 9.47 Å². The molecule has 0 amide bonds. The zero-order valence-electron chi connectivity index (χ0n) is 21.8. The van der Waals surface area contributed by atoms with Crippen molar-refractivity contribution in [1.29, 1.82) is 0 Å². The largest absolute Gasteiger partial charge is 0.469 e. The third kappa shape index (κ3) is 4.09. The van der Waals surface area contributed by atoms with Crippen molar-refractivity contribution in [3.8, 4) is 11.1 Å². The standard InChI is InChI=1S/C33H31NO4/c1-23(31(35)37-2)30(32(36)38-3)34(22-24-14-6-4-7-15-24)33(25-16-8-5-9-17-25)28-20-12-10-18-26(28)27-19-11-13-21-29(27)33/h4-21,23,30H,22H2,1-3H3/t23-,30+/m0/s1. The molecule has 0 radical (unpaired) electrons. The van der Waals surface area contributed by atoms with Gasteiger partial charge in [0.1, 0.15) is 6.04 Å². The zero-order chi connectivity index (χ0) is 26.7. The summed E-state index contributed by atoms with van der Waals surface area (Å²) in [5.74, 6) is -1.76. The molecule has 4 aromatic carbocycles. The van der Waals surface area contributed by atoms with Crippen LogP contribution in [-0.2, 0) is 31.1 Å². The zero-order valence-corrected chi connectivity index (χ0v) is 21.8. The Balaban J connectivity index is 1.89. The van der Waals surface area contributed by atoms with Crippen molar-refractivity contribution in [2.75, 3.05) is 14.2 Å². The Morgan fingerprint density at radius 1 is 0.684 bits per heavy atom. The molecular weight excluding hydrogens is 474 g/mol. The minimum Gasteiger partial charge on any atom is -0.469 e. The van der Waals surface area contributed by atoms with Crippen molar-refractivity contribution in [3.05, 3.63) is 131 Å². The molecule has 0 bridgehead atoms. The van der Waals surface area contributed by atoms with Gasteiger partial charge in [-0.3, -0.25) is 14.5 Å². The fourth-order valence-corrected chi connectivity index (χ4v) is 5.92. The van der Waals surface area contributed by atoms with E-state index in [-0.39, 0.29) is 0 Å². The first-order valence-electron chi connectivity index (χ1n) is 12.7. The van der Waals surface area contributed by atoms with Crippen LogP contribution in [0.1, 0.15) is 29.2 Å². The quantitative estimate of drug-likeness (QED) is 0.283. The molecule has 0 saturated carbocycles. The Kier molecular flexibility index (Phi) is 7.12. The lowest BCUT2D eigenvalue weighted by atomic mass is 9.76. The van der Waals surface area contributed by atoms with E-state index in [0.717, 1.165) is 33.4 Å². The number of hydrogen-bond acceptors (Lipinski definition) is 5. The lowest BCUT2D eigenvalue weighted by Crippen LogP contribution is -2.58. The molecule has 192 valence electrons. The van der Waals surface area contributed by atoms with Gasteiger partial charge >= 0.3 is 11.9 Å². The highest BCUT2D eigenvalue weighted by atomic mass is 16.5. The van der Waals surface area contributed by atoms with Gasteiger partial charge in [-0.1, -0.05) is 109 Å². The third-order valence-electron chi connectivity index (χ3n) is 7.57. The molecule has 0 N–H and O–H groups in total. The van der Waals surface area contributed by atoms with Crippen LogP contribution in [0.15, 0.2) is 109 Å². The van der Waals surface area contributed by atoms with Crippen LogP contribution in [0.4, 0.5) is 0 Å². The van der Waals surface area contributed by atoms with E-state index in [0.29, 0.717) is 6.54 Å². The van der Waals surface area contributed by atoms with E-state index < -0.39 is 29.4 Å². The van der Waals surface area contributed by atoms with Gasteiger partial charge in [0.25, 0.3) is 0 Å². The molecule has 0 saturated heterocycles. The van der Waals surface area contributed by atoms with Crippen LogP contribution in [0.3, 0.4) is 0 Å². The minimum atomic E-state index is -0.938. The lowest BCUT2D eigenvalue weighted by Gasteiger charge is -2.47. The first kappa shape index (κ1) is 25.4. The molecule has 2 atom stereocenters. The van der Waals surface area contributed by atoms with Gasteiger partial charge in [0.15, 0.2) is 0 Å². The monoisotopic (exact) mass is 505 g/mol. The maximum Gasteiger partial charge on any atom is 0.324 e. The third-order valence-corrected chi connectivity index (χ3v) is 7.57. The first-order valence-corrected chi connectivity index (χ1v) is 12.7. The Hall–Kier alpha value is -4.22. The molecule has 5 nitrogen and oxygen atoms in total. The van der Waals surface area contributed by atoms with Gasteiger partial charge in [-0.25, -0.2) is 0 Å². The number of carbonyl (C=O) groups is 2. The minimum absolute atomic E-state index is 0.388. The van der Waals surface area contributed by atoms with Crippen molar-refractivity contribution in [2.45, 2.75) is 25.0 Å². The highest BCUT2D eigenvalue weighted by molar-refractivity contribution is 5.87. The summed E-state index contributed by atoms with van der Waals surface area (Å²) in [6.07, 6.45) is 0. The Morgan fingerprint density at radius 3 is 1.68 bits per heavy atom. The molecular formula is C33H31NO4. The lowest BCUT2D eigenvalue weighted by molar-refractivity contribution is -0.161. The van der Waals surface area contributed by atoms with Crippen molar-refractivity contribution in [3.63, 3.8) is 0 Å². The summed E-state index contributed by atoms with van der Waals surface area (Å²) in [6, 6.07) is 35.9. The second-order valence-corrected chi connectivity index (χ2v) is 9.56. The molecule has 4 aromatic rings. The van der Waals surface area contributed by atoms with Crippen LogP contribution >= 0.6 is 0 Å². The van der Waals surface area contributed by atoms with E-state index in [2.05, 4.69) is 41.3 Å². The van der Waals surface area contributed by atoms with Gasteiger partial charge in [-0.15, -0.1) is 0 Å². The molecule has 0 spiro atoms. The fourth-order valence-electron chi connectivity index (χ4n) is 5.92. The van der Waals surface area contributed by atoms with Gasteiger partial charge in [0, 0.05) is 6.54 Å². The normalized spacial score (nSPS) is 14.7. The number of hydrogen-bond donors (Lipinski definition) is 0. The van der Waals surface area contributed by atoms with Crippen molar-refractivity contribution < 1.29 is 19.1 Å². The van der Waals surface area contributed by atoms with E-state index in [1.54, 1.807) is 6.92 Å². The molecule has 0 heterocycles. The second kappa shape index (κ2) is 10.6. The number of rotatable bonds is 8. The van der Waals surface area contributed by atoms with E-state index >= 15 is 0 Å². The van der Waals surface area contributed by atoms with Crippen LogP contribution in [-0.4, -0.2) is 37.1 Å². The van der Waals surface area contributed by atoms with E-state index in [1.807, 2.05) is 72.8 Å². The summed E-state index contributed by atoms with van der Waals surface area (Å²) >= 11 is 0. The molecule has 0 fully saturated rings. The summed E-state index contributed by atoms with van der Waals surface area (Å²) in [5, 5.41) is 0. The van der Waals surface area contributed by atoms with Gasteiger partial charge in [0.2, 0.25) is 0 Å². The number of fused-ring (bicyclic) bond motifs is 3. The molecule has 5 heteroatoms. The topological polar surface area (TPSA) is 55.8 Å². The van der Waals surface area contributed by atoms with Crippen molar-refractivity contribution in [2.24, 2.45) is 5.92 Å². The smallest absolute Gasteiger partial charge is 0.324 e. The number of esters is 2. The maximum atomic E-state index is 13.7. The highest BCUT2D eigenvalue weighted by Gasteiger charge is 2.54. The summed E-state index contributed by atoms with van der Waals surface area (Å²) < 4.78 is 10.5. The fraction of sp³-hybridized carbons (Fsp3) is 0.212. The summed E-state index contributed by atoms with van der Waals surface area (Å²) in [4.78, 5) is 28.8. The number of methoxy groups -OCH3 is 2. The Labute approximate surface area is 223 Å². The number of nitrogens with zero attached hydrogens (tertiary/aromatic N) is 1. The molecule has 1 aliphatic rings. The van der Waals surface area contributed by atoms with Crippen LogP contribution in [0, 0.1) is 5.92 Å². The summed E-state index contributed by atoms with van der Waals surface area (Å²) in [6.45, 7) is 2.12. The molecule has 0 aliphatic heterocycles. The van der Waals surface area contributed by atoms with Crippen LogP contribution in [0.5, 0.6) is 0 Å². The maximum absolute atomic E-state index is 13.7. The SMILES string of the molecule is COC(=O)[C@@H](C)[C@H](C(=O)OC)N(Cc1ccccc1)C1(c2ccccc2)c2ccccc2-c2ccccc21. The number of ether oxygens (including phenoxy) is 2. The molecule has 0 unspecified atom stereocenters. The van der Waals surface area contributed by atoms with Crippen LogP contribution in [0.25, 0.3) is 11.1 Å². The number of carbonyl (C=O) groups excluding carboxylic acids is 2. The van der Waals surface area contributed by atoms with Gasteiger partial charge in [0.05, 0.1) is 25.7 Å². The summed E-state index contributed by atoms with van der Waals surface area (Å²) in [7, 11) is 2.72. The van der Waals surface area contributed by atoms with Crippen molar-refractivity contribution in [1.82, 2.24) is 4.90 Å². The highest BCUT2D eigenvalue weighted by Crippen LogP contribution is 2.55. The molecule has 38 heavy (non-hydrogen) atoms. The van der Waals surface area contributed by atoms with Crippen molar-refractivity contribution >= 4 is 11.9 Å². The second-order valence-electron chi connectivity index (χ2n) is 9.56. The van der Waals surface area contributed by atoms with Gasteiger partial charge in [-0.05, 0) is 40.3 Å². The summed E-state index contributed by atoms with van der Waals surface area (Å²) in [5.41, 5.74) is 5.42. The Bertz CT molecular complexity index is 1390. The van der Waals surface area contributed by atoms with E-state index in [9.17, 15) is 9.59 Å². The average molecular weight is 506 g/mol. The van der Waals surface area contributed by atoms with Crippen LogP contribution < -0.4 is 0 Å². The van der Waals surface area contributed by atoms with Gasteiger partial charge < -0.3 is 9.47 Å². The predicted molar refractivity (Wildman–Crippen MR) is 147 cm³/mol. The first-order chi connectivity index (χ1) is 18.5. The Morgan fingerprint density at radius 2 is 1.16 bits per heavy atom. The van der Waals surface area contributed by atoms with Gasteiger partial charge in [-0.2, -0.15) is 0 Å². The van der Waals surface area contributed by atoms with E-state index in [1.165, 1.54) is 14.2 Å². The molecule has 1 aliphatic carbocycles. The average Bonchev–Trinajstić information content (AvgIpc) is 3.28. The number of benzene rings is 4. The molecule has 5 rings (SSSR count). The molecule has 0 aromatic heterocycles.